The van der Waals surface area contributed by atoms with Crippen molar-refractivity contribution in [3.8, 4) is 5.75 Å². The first-order valence-electron chi connectivity index (χ1n) is 10.1. The molecular weight excluding hydrogens is 340 g/mol. The van der Waals surface area contributed by atoms with Gasteiger partial charge in [0.05, 0.1) is 6.54 Å². The van der Waals surface area contributed by atoms with E-state index in [-0.39, 0.29) is 5.91 Å². The number of amides is 1. The van der Waals surface area contributed by atoms with Crippen molar-refractivity contribution in [2.24, 2.45) is 4.99 Å². The Morgan fingerprint density at radius 3 is 2.67 bits per heavy atom. The van der Waals surface area contributed by atoms with Gasteiger partial charge >= 0.3 is 0 Å². The van der Waals surface area contributed by atoms with Gasteiger partial charge in [-0.1, -0.05) is 26.0 Å². The first-order valence-corrected chi connectivity index (χ1v) is 10.1. The predicted molar refractivity (Wildman–Crippen MR) is 110 cm³/mol. The van der Waals surface area contributed by atoms with Crippen LogP contribution in [0, 0.1) is 0 Å². The van der Waals surface area contributed by atoms with Gasteiger partial charge in [-0.05, 0) is 43.4 Å². The van der Waals surface area contributed by atoms with Gasteiger partial charge in [-0.2, -0.15) is 0 Å². The van der Waals surface area contributed by atoms with Gasteiger partial charge < -0.3 is 20.3 Å². The number of carbonyl (C=O) groups excluding carboxylic acids is 1. The molecule has 0 aliphatic carbocycles. The van der Waals surface area contributed by atoms with Crippen LogP contribution in [0.3, 0.4) is 0 Å². The lowest BCUT2D eigenvalue weighted by molar-refractivity contribution is -0.127. The fraction of sp³-hybridized carbons (Fsp3) is 0.619. The lowest BCUT2D eigenvalue weighted by atomic mass is 10.0. The fourth-order valence-electron chi connectivity index (χ4n) is 3.02. The number of likely N-dealkylation sites (tertiary alicyclic amines) is 1. The van der Waals surface area contributed by atoms with Crippen LogP contribution in [0.25, 0.3) is 0 Å². The third-order valence-electron chi connectivity index (χ3n) is 4.58. The Morgan fingerprint density at radius 2 is 2.04 bits per heavy atom. The Bertz CT molecular complexity index is 599. The molecule has 2 N–H and O–H groups in total. The molecule has 1 saturated heterocycles. The maximum absolute atomic E-state index is 11.6. The van der Waals surface area contributed by atoms with Crippen LogP contribution >= 0.6 is 0 Å². The summed E-state index contributed by atoms with van der Waals surface area (Å²) in [5, 5.41) is 6.53. The first-order chi connectivity index (χ1) is 13.1. The summed E-state index contributed by atoms with van der Waals surface area (Å²) >= 11 is 0. The summed E-state index contributed by atoms with van der Waals surface area (Å²) in [5.74, 6) is 2.49. The molecule has 0 aromatic heterocycles. The lowest BCUT2D eigenvalue weighted by Crippen LogP contribution is -2.39. The second-order valence-corrected chi connectivity index (χ2v) is 7.10. The Balaban J connectivity index is 1.66. The van der Waals surface area contributed by atoms with Crippen LogP contribution in [0.4, 0.5) is 0 Å². The number of carbonyl (C=O) groups is 1. The fourth-order valence-corrected chi connectivity index (χ4v) is 3.02. The Labute approximate surface area is 163 Å². The van der Waals surface area contributed by atoms with Crippen molar-refractivity contribution in [2.45, 2.75) is 46.0 Å². The lowest BCUT2D eigenvalue weighted by Gasteiger charge is -2.15. The second-order valence-electron chi connectivity index (χ2n) is 7.10. The molecule has 1 heterocycles. The molecule has 6 nitrogen and oxygen atoms in total. The number of nitrogens with zero attached hydrogens (tertiary/aromatic N) is 2. The molecule has 1 fully saturated rings. The van der Waals surface area contributed by atoms with E-state index in [1.807, 2.05) is 24.0 Å². The van der Waals surface area contributed by atoms with Crippen LogP contribution in [0.2, 0.25) is 0 Å². The van der Waals surface area contributed by atoms with Crippen molar-refractivity contribution >= 4 is 11.9 Å². The monoisotopic (exact) mass is 374 g/mol. The van der Waals surface area contributed by atoms with E-state index in [4.69, 9.17) is 4.74 Å². The summed E-state index contributed by atoms with van der Waals surface area (Å²) < 4.78 is 5.78. The first kappa shape index (κ1) is 21.1. The minimum absolute atomic E-state index is 0.280. The van der Waals surface area contributed by atoms with Gasteiger partial charge in [-0.25, -0.2) is 0 Å². The van der Waals surface area contributed by atoms with E-state index in [1.54, 1.807) is 0 Å². The zero-order valence-corrected chi connectivity index (χ0v) is 17.0. The van der Waals surface area contributed by atoms with Crippen LogP contribution in [0.15, 0.2) is 29.3 Å². The number of rotatable bonds is 10. The molecule has 0 unspecified atom stereocenters. The SMILES string of the molecule is CCNC(=NCCCN1CCCC1=O)NCCOc1ccc(C(C)C)cc1. The average molecular weight is 375 g/mol. The van der Waals surface area contributed by atoms with Gasteiger partial charge in [0.25, 0.3) is 0 Å². The highest BCUT2D eigenvalue weighted by molar-refractivity contribution is 5.79. The average Bonchev–Trinajstić information content (AvgIpc) is 3.07. The van der Waals surface area contributed by atoms with Crippen LogP contribution in [0.1, 0.15) is 51.5 Å². The molecule has 1 aliphatic rings. The maximum atomic E-state index is 11.6. The van der Waals surface area contributed by atoms with Crippen molar-refractivity contribution < 1.29 is 9.53 Å². The van der Waals surface area contributed by atoms with Crippen molar-refractivity contribution in [3.05, 3.63) is 29.8 Å². The molecule has 1 aromatic carbocycles. The van der Waals surface area contributed by atoms with Crippen molar-refractivity contribution in [1.29, 1.82) is 0 Å². The number of nitrogens with one attached hydrogen (secondary N) is 2. The highest BCUT2D eigenvalue weighted by atomic mass is 16.5. The van der Waals surface area contributed by atoms with Crippen LogP contribution in [0.5, 0.6) is 5.75 Å². The van der Waals surface area contributed by atoms with Gasteiger partial charge in [0, 0.05) is 32.6 Å². The van der Waals surface area contributed by atoms with E-state index in [2.05, 4.69) is 41.6 Å². The standard InChI is InChI=1S/C21H34N4O2/c1-4-22-21(23-12-6-15-25-14-5-7-20(25)26)24-13-16-27-19-10-8-18(9-11-19)17(2)3/h8-11,17H,4-7,12-16H2,1-3H3,(H2,22,23,24). The van der Waals surface area contributed by atoms with Crippen molar-refractivity contribution in [1.82, 2.24) is 15.5 Å². The van der Waals surface area contributed by atoms with Gasteiger partial charge in [0.2, 0.25) is 5.91 Å². The summed E-state index contributed by atoms with van der Waals surface area (Å²) in [4.78, 5) is 18.1. The summed E-state index contributed by atoms with van der Waals surface area (Å²) in [6.45, 7) is 10.9. The van der Waals surface area contributed by atoms with Gasteiger partial charge in [0.1, 0.15) is 12.4 Å². The normalized spacial score (nSPS) is 14.7. The number of hydrogen-bond donors (Lipinski definition) is 2. The smallest absolute Gasteiger partial charge is 0.222 e. The van der Waals surface area contributed by atoms with E-state index in [9.17, 15) is 4.79 Å². The van der Waals surface area contributed by atoms with Crippen molar-refractivity contribution in [3.63, 3.8) is 0 Å². The molecule has 0 bridgehead atoms. The highest BCUT2D eigenvalue weighted by Gasteiger charge is 2.18. The van der Waals surface area contributed by atoms with Crippen molar-refractivity contribution in [2.75, 3.05) is 39.3 Å². The van der Waals surface area contributed by atoms with Crippen LogP contribution in [-0.4, -0.2) is 56.1 Å². The van der Waals surface area contributed by atoms with E-state index in [0.29, 0.717) is 32.0 Å². The number of hydrogen-bond acceptors (Lipinski definition) is 3. The molecule has 1 amide bonds. The molecule has 6 heteroatoms. The minimum atomic E-state index is 0.280. The topological polar surface area (TPSA) is 66.0 Å². The number of aliphatic imine (C=N–C) groups is 1. The summed E-state index contributed by atoms with van der Waals surface area (Å²) in [6, 6.07) is 8.27. The Hall–Kier alpha value is -2.24. The molecule has 27 heavy (non-hydrogen) atoms. The zero-order chi connectivity index (χ0) is 19.5. The summed E-state index contributed by atoms with van der Waals surface area (Å²) in [7, 11) is 0. The molecule has 0 atom stereocenters. The quantitative estimate of drug-likeness (QED) is 0.375. The van der Waals surface area contributed by atoms with Gasteiger partial charge in [-0.3, -0.25) is 9.79 Å². The molecular formula is C21H34N4O2. The van der Waals surface area contributed by atoms with Crippen LogP contribution in [-0.2, 0) is 4.79 Å². The number of ether oxygens (including phenoxy) is 1. The number of benzene rings is 1. The minimum Gasteiger partial charge on any atom is -0.492 e. The summed E-state index contributed by atoms with van der Waals surface area (Å²) in [5.41, 5.74) is 1.32. The molecule has 0 spiro atoms. The van der Waals surface area contributed by atoms with E-state index < -0.39 is 0 Å². The molecule has 2 rings (SSSR count). The summed E-state index contributed by atoms with van der Waals surface area (Å²) in [6.07, 6.45) is 2.58. The molecule has 150 valence electrons. The Kier molecular flexibility index (Phi) is 8.95. The zero-order valence-electron chi connectivity index (χ0n) is 17.0. The maximum Gasteiger partial charge on any atom is 0.222 e. The highest BCUT2D eigenvalue weighted by Crippen LogP contribution is 2.18. The van der Waals surface area contributed by atoms with Gasteiger partial charge in [-0.15, -0.1) is 0 Å². The van der Waals surface area contributed by atoms with Gasteiger partial charge in [0.15, 0.2) is 5.96 Å². The Morgan fingerprint density at radius 1 is 1.26 bits per heavy atom. The molecule has 1 aromatic rings. The molecule has 1 aliphatic heterocycles. The third-order valence-corrected chi connectivity index (χ3v) is 4.58. The largest absolute Gasteiger partial charge is 0.492 e. The molecule has 0 radical (unpaired) electrons. The van der Waals surface area contributed by atoms with E-state index in [0.717, 1.165) is 44.2 Å². The van der Waals surface area contributed by atoms with Crippen LogP contribution < -0.4 is 15.4 Å². The number of guanidine groups is 1. The second kappa shape index (κ2) is 11.5. The van der Waals surface area contributed by atoms with E-state index in [1.165, 1.54) is 5.56 Å². The molecule has 0 saturated carbocycles. The van der Waals surface area contributed by atoms with E-state index >= 15 is 0 Å². The predicted octanol–water partition coefficient (Wildman–Crippen LogP) is 2.76. The third kappa shape index (κ3) is 7.49.